The molecule has 0 saturated heterocycles. The lowest BCUT2D eigenvalue weighted by molar-refractivity contribution is 0.217. The maximum atomic E-state index is 3.54. The van der Waals surface area contributed by atoms with Crippen LogP contribution in [0.15, 0.2) is 0 Å². The SMILES string of the molecule is CCNC(CC)CN(C)C1CCCC1. The van der Waals surface area contributed by atoms with E-state index in [1.165, 1.54) is 38.6 Å². The Balaban J connectivity index is 2.25. The Hall–Kier alpha value is -0.0800. The number of likely N-dealkylation sites (N-methyl/N-ethyl adjacent to an activating group) is 2. The molecule has 0 aromatic carbocycles. The molecule has 0 bridgehead atoms. The van der Waals surface area contributed by atoms with Gasteiger partial charge in [0.2, 0.25) is 0 Å². The van der Waals surface area contributed by atoms with Crippen LogP contribution in [-0.2, 0) is 0 Å². The maximum absolute atomic E-state index is 3.54. The maximum Gasteiger partial charge on any atom is 0.0192 e. The molecule has 1 fully saturated rings. The number of hydrogen-bond acceptors (Lipinski definition) is 2. The highest BCUT2D eigenvalue weighted by Gasteiger charge is 2.20. The quantitative estimate of drug-likeness (QED) is 0.704. The summed E-state index contributed by atoms with van der Waals surface area (Å²) >= 11 is 0. The molecule has 1 rings (SSSR count). The molecule has 0 heterocycles. The first-order valence-corrected chi connectivity index (χ1v) is 6.21. The molecule has 0 amide bonds. The zero-order valence-electron chi connectivity index (χ0n) is 10.1. The zero-order chi connectivity index (χ0) is 10.4. The van der Waals surface area contributed by atoms with Gasteiger partial charge in [-0.2, -0.15) is 0 Å². The molecular formula is C12H26N2. The van der Waals surface area contributed by atoms with Gasteiger partial charge in [0.15, 0.2) is 0 Å². The predicted octanol–water partition coefficient (Wildman–Crippen LogP) is 2.25. The van der Waals surface area contributed by atoms with Gasteiger partial charge in [-0.05, 0) is 32.9 Å². The van der Waals surface area contributed by atoms with Crippen molar-refractivity contribution < 1.29 is 0 Å². The Labute approximate surface area is 89.1 Å². The Morgan fingerprint density at radius 2 is 1.93 bits per heavy atom. The minimum Gasteiger partial charge on any atom is -0.313 e. The first kappa shape index (κ1) is 12.0. The lowest BCUT2D eigenvalue weighted by Gasteiger charge is -2.28. The third-order valence-corrected chi connectivity index (χ3v) is 3.44. The number of nitrogens with zero attached hydrogens (tertiary/aromatic N) is 1. The molecule has 0 aliphatic heterocycles. The fraction of sp³-hybridized carbons (Fsp3) is 1.00. The Bertz CT molecular complexity index is 141. The smallest absolute Gasteiger partial charge is 0.0192 e. The minimum absolute atomic E-state index is 0.686. The highest BCUT2D eigenvalue weighted by molar-refractivity contribution is 4.78. The van der Waals surface area contributed by atoms with Gasteiger partial charge in [0.1, 0.15) is 0 Å². The Morgan fingerprint density at radius 1 is 1.29 bits per heavy atom. The van der Waals surface area contributed by atoms with Crippen LogP contribution in [0.25, 0.3) is 0 Å². The van der Waals surface area contributed by atoms with Gasteiger partial charge in [0.25, 0.3) is 0 Å². The average molecular weight is 198 g/mol. The van der Waals surface area contributed by atoms with Gasteiger partial charge in [-0.1, -0.05) is 26.7 Å². The van der Waals surface area contributed by atoms with Crippen LogP contribution < -0.4 is 5.32 Å². The van der Waals surface area contributed by atoms with Crippen molar-refractivity contribution in [2.75, 3.05) is 20.1 Å². The van der Waals surface area contributed by atoms with Crippen molar-refractivity contribution in [2.24, 2.45) is 0 Å². The molecule has 1 saturated carbocycles. The fourth-order valence-electron chi connectivity index (χ4n) is 2.47. The third kappa shape index (κ3) is 3.58. The van der Waals surface area contributed by atoms with Crippen LogP contribution in [0.2, 0.25) is 0 Å². The van der Waals surface area contributed by atoms with E-state index in [2.05, 4.69) is 31.1 Å². The second-order valence-corrected chi connectivity index (χ2v) is 4.54. The molecule has 84 valence electrons. The molecule has 0 aromatic rings. The molecule has 1 aliphatic rings. The van der Waals surface area contributed by atoms with E-state index in [0.717, 1.165) is 12.6 Å². The molecule has 1 unspecified atom stereocenters. The van der Waals surface area contributed by atoms with Gasteiger partial charge in [-0.25, -0.2) is 0 Å². The van der Waals surface area contributed by atoms with Gasteiger partial charge in [-0.15, -0.1) is 0 Å². The van der Waals surface area contributed by atoms with Crippen molar-refractivity contribution in [1.82, 2.24) is 10.2 Å². The molecule has 0 spiro atoms. The summed E-state index contributed by atoms with van der Waals surface area (Å²) in [6, 6.07) is 1.55. The summed E-state index contributed by atoms with van der Waals surface area (Å²) < 4.78 is 0. The summed E-state index contributed by atoms with van der Waals surface area (Å²) in [6.45, 7) is 6.78. The fourth-order valence-corrected chi connectivity index (χ4v) is 2.47. The number of hydrogen-bond donors (Lipinski definition) is 1. The highest BCUT2D eigenvalue weighted by Crippen LogP contribution is 2.22. The third-order valence-electron chi connectivity index (χ3n) is 3.44. The molecule has 1 aliphatic carbocycles. The molecule has 0 aromatic heterocycles. The van der Waals surface area contributed by atoms with Crippen LogP contribution in [0, 0.1) is 0 Å². The van der Waals surface area contributed by atoms with E-state index < -0.39 is 0 Å². The summed E-state index contributed by atoms with van der Waals surface area (Å²) in [6.07, 6.45) is 6.95. The molecule has 1 N–H and O–H groups in total. The summed E-state index contributed by atoms with van der Waals surface area (Å²) in [5.41, 5.74) is 0. The topological polar surface area (TPSA) is 15.3 Å². The van der Waals surface area contributed by atoms with Crippen LogP contribution in [0.4, 0.5) is 0 Å². The molecule has 1 atom stereocenters. The molecule has 2 heteroatoms. The second-order valence-electron chi connectivity index (χ2n) is 4.54. The molecule has 14 heavy (non-hydrogen) atoms. The zero-order valence-corrected chi connectivity index (χ0v) is 10.1. The van der Waals surface area contributed by atoms with E-state index in [4.69, 9.17) is 0 Å². The van der Waals surface area contributed by atoms with Gasteiger partial charge < -0.3 is 10.2 Å². The van der Waals surface area contributed by atoms with Crippen molar-refractivity contribution >= 4 is 0 Å². The van der Waals surface area contributed by atoms with Gasteiger partial charge in [0, 0.05) is 18.6 Å². The van der Waals surface area contributed by atoms with Crippen molar-refractivity contribution in [3.05, 3.63) is 0 Å². The van der Waals surface area contributed by atoms with Crippen LogP contribution >= 0.6 is 0 Å². The first-order chi connectivity index (χ1) is 6.77. The highest BCUT2D eigenvalue weighted by atomic mass is 15.2. The number of rotatable bonds is 6. The van der Waals surface area contributed by atoms with E-state index in [0.29, 0.717) is 6.04 Å². The van der Waals surface area contributed by atoms with E-state index in [9.17, 15) is 0 Å². The second kappa shape index (κ2) is 6.41. The summed E-state index contributed by atoms with van der Waals surface area (Å²) in [5.74, 6) is 0. The lowest BCUT2D eigenvalue weighted by atomic mass is 10.1. The van der Waals surface area contributed by atoms with Crippen molar-refractivity contribution in [1.29, 1.82) is 0 Å². The van der Waals surface area contributed by atoms with Crippen LogP contribution in [0.1, 0.15) is 46.0 Å². The van der Waals surface area contributed by atoms with Crippen LogP contribution in [-0.4, -0.2) is 37.1 Å². The monoisotopic (exact) mass is 198 g/mol. The lowest BCUT2D eigenvalue weighted by Crippen LogP contribution is -2.42. The Kier molecular flexibility index (Phi) is 5.49. The Morgan fingerprint density at radius 3 is 2.43 bits per heavy atom. The summed E-state index contributed by atoms with van der Waals surface area (Å²) in [5, 5.41) is 3.54. The standard InChI is InChI=1S/C12H26N2/c1-4-11(13-5-2)10-14(3)12-8-6-7-9-12/h11-13H,4-10H2,1-3H3. The first-order valence-electron chi connectivity index (χ1n) is 6.21. The van der Waals surface area contributed by atoms with Crippen LogP contribution in [0.3, 0.4) is 0 Å². The summed E-state index contributed by atoms with van der Waals surface area (Å²) in [4.78, 5) is 2.56. The van der Waals surface area contributed by atoms with Gasteiger partial charge in [0.05, 0.1) is 0 Å². The number of nitrogens with one attached hydrogen (secondary N) is 1. The predicted molar refractivity (Wildman–Crippen MR) is 62.6 cm³/mol. The van der Waals surface area contributed by atoms with Crippen LogP contribution in [0.5, 0.6) is 0 Å². The largest absolute Gasteiger partial charge is 0.313 e. The van der Waals surface area contributed by atoms with Crippen molar-refractivity contribution in [3.63, 3.8) is 0 Å². The normalized spacial score (nSPS) is 20.6. The summed E-state index contributed by atoms with van der Waals surface area (Å²) in [7, 11) is 2.29. The van der Waals surface area contributed by atoms with E-state index in [1.54, 1.807) is 0 Å². The van der Waals surface area contributed by atoms with E-state index >= 15 is 0 Å². The van der Waals surface area contributed by atoms with Gasteiger partial charge >= 0.3 is 0 Å². The van der Waals surface area contributed by atoms with Crippen molar-refractivity contribution in [3.8, 4) is 0 Å². The average Bonchev–Trinajstić information content (AvgIpc) is 2.69. The van der Waals surface area contributed by atoms with E-state index in [-0.39, 0.29) is 0 Å². The van der Waals surface area contributed by atoms with E-state index in [1.807, 2.05) is 0 Å². The minimum atomic E-state index is 0.686. The molecule has 0 radical (unpaired) electrons. The van der Waals surface area contributed by atoms with Crippen molar-refractivity contribution in [2.45, 2.75) is 58.0 Å². The molecule has 2 nitrogen and oxygen atoms in total. The molecular weight excluding hydrogens is 172 g/mol. The van der Waals surface area contributed by atoms with Gasteiger partial charge in [-0.3, -0.25) is 0 Å².